The summed E-state index contributed by atoms with van der Waals surface area (Å²) in [6.45, 7) is -1.51. The second kappa shape index (κ2) is 8.87. The molecule has 0 aliphatic carbocycles. The molecule has 2 aromatic carbocycles. The van der Waals surface area contributed by atoms with Gasteiger partial charge in [0.05, 0.1) is 11.8 Å². The standard InChI is InChI=1S/C21H13BrF3N3O4/c22-13-6-7-16(31-11-21(23,24)25)15(10-13)18(29)26-14-4-1-3-12(9-14)19-27-28-20(32-19)17-5-2-8-30-17/h1-10H,11H2,(H,26,29). The quantitative estimate of drug-likeness (QED) is 0.346. The van der Waals surface area contributed by atoms with Crippen LogP contribution in [0.2, 0.25) is 0 Å². The minimum atomic E-state index is -4.53. The Bertz CT molecular complexity index is 1240. The largest absolute Gasteiger partial charge is 0.483 e. The van der Waals surface area contributed by atoms with E-state index in [0.29, 0.717) is 21.5 Å². The van der Waals surface area contributed by atoms with E-state index in [4.69, 9.17) is 13.6 Å². The third-order valence-corrected chi connectivity index (χ3v) is 4.60. The lowest BCUT2D eigenvalue weighted by atomic mass is 10.1. The first-order valence-electron chi connectivity index (χ1n) is 9.07. The van der Waals surface area contributed by atoms with Crippen LogP contribution in [0.25, 0.3) is 23.1 Å². The van der Waals surface area contributed by atoms with Crippen LogP contribution < -0.4 is 10.1 Å². The van der Waals surface area contributed by atoms with Gasteiger partial charge in [0.2, 0.25) is 5.89 Å². The molecule has 4 aromatic rings. The lowest BCUT2D eigenvalue weighted by Gasteiger charge is -2.14. The molecule has 32 heavy (non-hydrogen) atoms. The van der Waals surface area contributed by atoms with Crippen molar-refractivity contribution < 1.29 is 31.5 Å². The fourth-order valence-electron chi connectivity index (χ4n) is 2.73. The molecular weight excluding hydrogens is 495 g/mol. The van der Waals surface area contributed by atoms with Crippen molar-refractivity contribution in [2.24, 2.45) is 0 Å². The van der Waals surface area contributed by atoms with Gasteiger partial charge in [0.25, 0.3) is 11.8 Å². The Hall–Kier alpha value is -3.60. The van der Waals surface area contributed by atoms with Crippen LogP contribution in [-0.2, 0) is 0 Å². The highest BCUT2D eigenvalue weighted by atomic mass is 79.9. The Morgan fingerprint density at radius 2 is 1.88 bits per heavy atom. The minimum absolute atomic E-state index is 0.0630. The second-order valence-corrected chi connectivity index (χ2v) is 7.38. The molecule has 0 aliphatic rings. The van der Waals surface area contributed by atoms with E-state index in [1.165, 1.54) is 24.5 Å². The number of hydrogen-bond donors (Lipinski definition) is 1. The van der Waals surface area contributed by atoms with E-state index >= 15 is 0 Å². The summed E-state index contributed by atoms with van der Waals surface area (Å²) < 4.78 is 53.7. The van der Waals surface area contributed by atoms with Gasteiger partial charge in [-0.05, 0) is 48.5 Å². The molecule has 4 rings (SSSR count). The maximum atomic E-state index is 12.8. The molecule has 0 spiro atoms. The SMILES string of the molecule is O=C(Nc1cccc(-c2nnc(-c3ccco3)o2)c1)c1cc(Br)ccc1OCC(F)(F)F. The number of carbonyl (C=O) groups excluding carboxylic acids is 1. The van der Waals surface area contributed by atoms with Crippen LogP contribution in [0.3, 0.4) is 0 Å². The number of ether oxygens (including phenoxy) is 1. The summed E-state index contributed by atoms with van der Waals surface area (Å²) in [5.41, 5.74) is 0.829. The van der Waals surface area contributed by atoms with Crippen molar-refractivity contribution in [1.82, 2.24) is 10.2 Å². The van der Waals surface area contributed by atoms with E-state index in [1.807, 2.05) is 0 Å². The van der Waals surface area contributed by atoms with Crippen LogP contribution >= 0.6 is 15.9 Å². The lowest BCUT2D eigenvalue weighted by molar-refractivity contribution is -0.153. The Balaban J connectivity index is 1.54. The Kier molecular flexibility index (Phi) is 5.99. The van der Waals surface area contributed by atoms with Crippen LogP contribution in [0, 0.1) is 0 Å². The highest BCUT2D eigenvalue weighted by Gasteiger charge is 2.29. The molecule has 1 amide bonds. The molecule has 1 N–H and O–H groups in total. The average Bonchev–Trinajstić information content (AvgIpc) is 3.44. The predicted molar refractivity (Wildman–Crippen MR) is 111 cm³/mol. The van der Waals surface area contributed by atoms with Crippen molar-refractivity contribution in [2.45, 2.75) is 6.18 Å². The number of hydrogen-bond acceptors (Lipinski definition) is 6. The lowest BCUT2D eigenvalue weighted by Crippen LogP contribution is -2.21. The average molecular weight is 508 g/mol. The van der Waals surface area contributed by atoms with Crippen molar-refractivity contribution in [3.8, 4) is 28.9 Å². The van der Waals surface area contributed by atoms with Crippen molar-refractivity contribution in [2.75, 3.05) is 11.9 Å². The van der Waals surface area contributed by atoms with Crippen molar-refractivity contribution in [1.29, 1.82) is 0 Å². The van der Waals surface area contributed by atoms with Gasteiger partial charge in [-0.1, -0.05) is 22.0 Å². The topological polar surface area (TPSA) is 90.4 Å². The summed E-state index contributed by atoms with van der Waals surface area (Å²) in [6, 6.07) is 14.1. The first-order chi connectivity index (χ1) is 15.3. The number of furan rings is 1. The number of amides is 1. The fourth-order valence-corrected chi connectivity index (χ4v) is 3.09. The number of aromatic nitrogens is 2. The molecule has 0 fully saturated rings. The van der Waals surface area contributed by atoms with E-state index in [9.17, 15) is 18.0 Å². The van der Waals surface area contributed by atoms with Gasteiger partial charge in [0, 0.05) is 15.7 Å². The third-order valence-electron chi connectivity index (χ3n) is 4.10. The van der Waals surface area contributed by atoms with Gasteiger partial charge in [-0.25, -0.2) is 0 Å². The first kappa shape index (κ1) is 21.6. The Morgan fingerprint density at radius 1 is 1.06 bits per heavy atom. The normalized spacial score (nSPS) is 11.4. The first-order valence-corrected chi connectivity index (χ1v) is 9.86. The van der Waals surface area contributed by atoms with Crippen LogP contribution in [0.5, 0.6) is 5.75 Å². The monoisotopic (exact) mass is 507 g/mol. The summed E-state index contributed by atoms with van der Waals surface area (Å²) in [7, 11) is 0. The van der Waals surface area contributed by atoms with Crippen LogP contribution in [0.15, 0.2) is 74.2 Å². The van der Waals surface area contributed by atoms with Gasteiger partial charge in [-0.3, -0.25) is 4.79 Å². The number of carbonyl (C=O) groups is 1. The molecule has 0 saturated carbocycles. The zero-order chi connectivity index (χ0) is 22.7. The maximum Gasteiger partial charge on any atom is 0.422 e. The molecule has 0 saturated heterocycles. The summed E-state index contributed by atoms with van der Waals surface area (Å²) in [5.74, 6) is -0.0416. The summed E-state index contributed by atoms with van der Waals surface area (Å²) >= 11 is 3.21. The van der Waals surface area contributed by atoms with Gasteiger partial charge in [-0.15, -0.1) is 10.2 Å². The van der Waals surface area contributed by atoms with Crippen molar-refractivity contribution in [3.63, 3.8) is 0 Å². The number of halogens is 4. The van der Waals surface area contributed by atoms with Crippen molar-refractivity contribution >= 4 is 27.5 Å². The van der Waals surface area contributed by atoms with Gasteiger partial charge in [0.15, 0.2) is 12.4 Å². The molecule has 2 heterocycles. The third kappa shape index (κ3) is 5.17. The van der Waals surface area contributed by atoms with E-state index in [1.54, 1.807) is 36.4 Å². The Morgan fingerprint density at radius 3 is 2.62 bits per heavy atom. The van der Waals surface area contributed by atoms with Crippen LogP contribution in [0.1, 0.15) is 10.4 Å². The van der Waals surface area contributed by atoms with Crippen molar-refractivity contribution in [3.05, 3.63) is 70.9 Å². The van der Waals surface area contributed by atoms with Gasteiger partial charge in [0.1, 0.15) is 5.75 Å². The molecular formula is C21H13BrF3N3O4. The summed E-state index contributed by atoms with van der Waals surface area (Å²) in [6.07, 6.45) is -3.06. The molecule has 0 aliphatic heterocycles. The highest BCUT2D eigenvalue weighted by Crippen LogP contribution is 2.28. The number of nitrogens with one attached hydrogen (secondary N) is 1. The second-order valence-electron chi connectivity index (χ2n) is 6.47. The summed E-state index contributed by atoms with van der Waals surface area (Å²) in [5, 5.41) is 10.5. The van der Waals surface area contributed by atoms with Crippen LogP contribution in [0.4, 0.5) is 18.9 Å². The van der Waals surface area contributed by atoms with E-state index in [-0.39, 0.29) is 23.1 Å². The molecule has 11 heteroatoms. The number of alkyl halides is 3. The summed E-state index contributed by atoms with van der Waals surface area (Å²) in [4.78, 5) is 12.8. The molecule has 0 bridgehead atoms. The van der Waals surface area contributed by atoms with E-state index < -0.39 is 18.7 Å². The highest BCUT2D eigenvalue weighted by molar-refractivity contribution is 9.10. The van der Waals surface area contributed by atoms with E-state index in [0.717, 1.165) is 0 Å². The number of benzene rings is 2. The Labute approximate surface area is 187 Å². The number of anilines is 1. The zero-order valence-electron chi connectivity index (χ0n) is 16.0. The van der Waals surface area contributed by atoms with Gasteiger partial charge in [-0.2, -0.15) is 13.2 Å². The van der Waals surface area contributed by atoms with Crippen LogP contribution in [-0.4, -0.2) is 28.9 Å². The zero-order valence-corrected chi connectivity index (χ0v) is 17.6. The molecule has 164 valence electrons. The minimum Gasteiger partial charge on any atom is -0.483 e. The molecule has 7 nitrogen and oxygen atoms in total. The van der Waals surface area contributed by atoms with Gasteiger partial charge >= 0.3 is 6.18 Å². The molecule has 0 radical (unpaired) electrons. The number of nitrogens with zero attached hydrogens (tertiary/aromatic N) is 2. The maximum absolute atomic E-state index is 12.8. The smallest absolute Gasteiger partial charge is 0.422 e. The van der Waals surface area contributed by atoms with E-state index in [2.05, 4.69) is 31.4 Å². The van der Waals surface area contributed by atoms with Gasteiger partial charge < -0.3 is 18.9 Å². The molecule has 2 aromatic heterocycles. The fraction of sp³-hybridized carbons (Fsp3) is 0.0952. The molecule has 0 atom stereocenters. The molecule has 0 unspecified atom stereocenters. The number of rotatable bonds is 6. The predicted octanol–water partition coefficient (Wildman–Crippen LogP) is 5.95.